The molecule has 26 heavy (non-hydrogen) atoms. The van der Waals surface area contributed by atoms with E-state index in [0.717, 1.165) is 58.1 Å². The Hall–Kier alpha value is -0.890. The third-order valence-electron chi connectivity index (χ3n) is 4.49. The summed E-state index contributed by atoms with van der Waals surface area (Å²) in [6.45, 7) is 6.92. The fourth-order valence-corrected chi connectivity index (χ4v) is 3.05. The third-order valence-corrected chi connectivity index (χ3v) is 4.49. The van der Waals surface area contributed by atoms with Crippen LogP contribution in [0.4, 0.5) is 5.69 Å². The molecule has 1 aromatic carbocycles. The van der Waals surface area contributed by atoms with E-state index in [-0.39, 0.29) is 36.8 Å². The van der Waals surface area contributed by atoms with Crippen LogP contribution < -0.4 is 10.6 Å². The van der Waals surface area contributed by atoms with Gasteiger partial charge >= 0.3 is 0 Å². The van der Waals surface area contributed by atoms with Crippen LogP contribution in [0.1, 0.15) is 12.0 Å². The summed E-state index contributed by atoms with van der Waals surface area (Å²) in [7, 11) is 0. The Kier molecular flexibility index (Phi) is 11.1. The Morgan fingerprint density at radius 3 is 2.50 bits per heavy atom. The molecule has 2 saturated heterocycles. The minimum Gasteiger partial charge on any atom is -0.379 e. The van der Waals surface area contributed by atoms with E-state index in [1.807, 2.05) is 12.1 Å². The zero-order valence-corrected chi connectivity index (χ0v) is 16.6. The van der Waals surface area contributed by atoms with Crippen molar-refractivity contribution in [3.8, 4) is 0 Å². The smallest absolute Gasteiger partial charge is 0.226 e. The topological polar surface area (TPSA) is 62.8 Å². The van der Waals surface area contributed by atoms with Crippen molar-refractivity contribution in [1.29, 1.82) is 0 Å². The molecular weight excluding hydrogens is 377 g/mol. The van der Waals surface area contributed by atoms with E-state index in [4.69, 9.17) is 9.47 Å². The van der Waals surface area contributed by atoms with Gasteiger partial charge in [0.15, 0.2) is 0 Å². The molecule has 1 aromatic rings. The summed E-state index contributed by atoms with van der Waals surface area (Å²) in [5.41, 5.74) is 2.15. The van der Waals surface area contributed by atoms with E-state index >= 15 is 0 Å². The number of rotatable bonds is 6. The van der Waals surface area contributed by atoms with Crippen LogP contribution in [-0.4, -0.2) is 69.5 Å². The number of ether oxygens (including phenoxy) is 2. The number of carbonyl (C=O) groups excluding carboxylic acids is 1. The molecule has 1 atom stereocenters. The Bertz CT molecular complexity index is 519. The van der Waals surface area contributed by atoms with Gasteiger partial charge < -0.3 is 20.1 Å². The average molecular weight is 406 g/mol. The lowest BCUT2D eigenvalue weighted by Gasteiger charge is -2.26. The standard InChI is InChI=1S/C18H27N3O3.2ClH/c22-18(13-17-14-24-10-6-19-17)20-16-3-1-15(2-4-16)5-7-21-8-11-23-12-9-21;;/h1-4,17,19H,5-14H2,(H,20,22);2*1H. The summed E-state index contributed by atoms with van der Waals surface area (Å²) in [4.78, 5) is 14.5. The van der Waals surface area contributed by atoms with Crippen molar-refractivity contribution in [1.82, 2.24) is 10.2 Å². The van der Waals surface area contributed by atoms with E-state index in [1.54, 1.807) is 0 Å². The fourth-order valence-electron chi connectivity index (χ4n) is 3.05. The summed E-state index contributed by atoms with van der Waals surface area (Å²) < 4.78 is 10.7. The Balaban J connectivity index is 0.00000169. The predicted octanol–water partition coefficient (Wildman–Crippen LogP) is 1.72. The molecule has 3 rings (SSSR count). The van der Waals surface area contributed by atoms with Crippen LogP contribution in [0.2, 0.25) is 0 Å². The van der Waals surface area contributed by atoms with Crippen molar-refractivity contribution in [2.45, 2.75) is 18.9 Å². The second-order valence-corrected chi connectivity index (χ2v) is 6.38. The van der Waals surface area contributed by atoms with Crippen LogP contribution in [0, 0.1) is 0 Å². The first-order valence-electron chi connectivity index (χ1n) is 8.79. The van der Waals surface area contributed by atoms with Crippen molar-refractivity contribution in [2.75, 3.05) is 57.9 Å². The highest BCUT2D eigenvalue weighted by atomic mass is 35.5. The van der Waals surface area contributed by atoms with Crippen LogP contribution in [0.3, 0.4) is 0 Å². The fraction of sp³-hybridized carbons (Fsp3) is 0.611. The number of hydrogen-bond acceptors (Lipinski definition) is 5. The third kappa shape index (κ3) is 7.78. The molecule has 0 saturated carbocycles. The Morgan fingerprint density at radius 2 is 1.85 bits per heavy atom. The largest absolute Gasteiger partial charge is 0.379 e. The monoisotopic (exact) mass is 405 g/mol. The molecule has 0 aromatic heterocycles. The highest BCUT2D eigenvalue weighted by Gasteiger charge is 2.16. The van der Waals surface area contributed by atoms with Crippen molar-refractivity contribution < 1.29 is 14.3 Å². The minimum atomic E-state index is 0. The molecule has 2 N–H and O–H groups in total. The van der Waals surface area contributed by atoms with E-state index in [0.29, 0.717) is 13.0 Å². The van der Waals surface area contributed by atoms with Crippen LogP contribution >= 0.6 is 24.8 Å². The lowest BCUT2D eigenvalue weighted by molar-refractivity contribution is -0.117. The summed E-state index contributed by atoms with van der Waals surface area (Å²) >= 11 is 0. The number of carbonyl (C=O) groups is 1. The van der Waals surface area contributed by atoms with E-state index in [2.05, 4.69) is 27.7 Å². The number of benzene rings is 1. The molecule has 0 spiro atoms. The first-order chi connectivity index (χ1) is 11.8. The van der Waals surface area contributed by atoms with Gasteiger partial charge in [-0.3, -0.25) is 9.69 Å². The quantitative estimate of drug-likeness (QED) is 0.754. The molecule has 8 heteroatoms. The zero-order valence-electron chi connectivity index (χ0n) is 14.9. The molecule has 0 bridgehead atoms. The van der Waals surface area contributed by atoms with Crippen LogP contribution in [0.25, 0.3) is 0 Å². The van der Waals surface area contributed by atoms with Gasteiger partial charge in [-0.05, 0) is 24.1 Å². The summed E-state index contributed by atoms with van der Waals surface area (Å²) in [5, 5.41) is 6.25. The van der Waals surface area contributed by atoms with Gasteiger partial charge in [0.25, 0.3) is 0 Å². The Labute approximate surface area is 167 Å². The van der Waals surface area contributed by atoms with Crippen molar-refractivity contribution in [2.24, 2.45) is 0 Å². The zero-order chi connectivity index (χ0) is 16.6. The molecule has 2 fully saturated rings. The van der Waals surface area contributed by atoms with Gasteiger partial charge in [-0.15, -0.1) is 24.8 Å². The molecule has 0 radical (unpaired) electrons. The van der Waals surface area contributed by atoms with E-state index < -0.39 is 0 Å². The number of nitrogens with one attached hydrogen (secondary N) is 2. The minimum absolute atomic E-state index is 0. The summed E-state index contributed by atoms with van der Waals surface area (Å²) in [5.74, 6) is 0.0269. The average Bonchev–Trinajstić information content (AvgIpc) is 2.63. The van der Waals surface area contributed by atoms with E-state index in [1.165, 1.54) is 5.56 Å². The first-order valence-corrected chi connectivity index (χ1v) is 8.79. The number of amides is 1. The van der Waals surface area contributed by atoms with Crippen LogP contribution in [-0.2, 0) is 20.7 Å². The molecule has 2 aliphatic rings. The number of hydrogen-bond donors (Lipinski definition) is 2. The van der Waals surface area contributed by atoms with Gasteiger partial charge in [0.1, 0.15) is 0 Å². The SMILES string of the molecule is Cl.Cl.O=C(CC1COCCN1)Nc1ccc(CCN2CCOCC2)cc1. The van der Waals surface area contributed by atoms with Crippen LogP contribution in [0.5, 0.6) is 0 Å². The molecule has 6 nitrogen and oxygen atoms in total. The van der Waals surface area contributed by atoms with Gasteiger partial charge in [0, 0.05) is 44.3 Å². The second kappa shape index (κ2) is 12.5. The van der Waals surface area contributed by atoms with E-state index in [9.17, 15) is 4.79 Å². The number of anilines is 1. The first kappa shape index (κ1) is 23.1. The van der Waals surface area contributed by atoms with Crippen molar-refractivity contribution in [3.05, 3.63) is 29.8 Å². The van der Waals surface area contributed by atoms with Gasteiger partial charge in [-0.1, -0.05) is 12.1 Å². The second-order valence-electron chi connectivity index (χ2n) is 6.38. The maximum atomic E-state index is 12.1. The highest BCUT2D eigenvalue weighted by Crippen LogP contribution is 2.12. The molecule has 148 valence electrons. The van der Waals surface area contributed by atoms with Gasteiger partial charge in [-0.25, -0.2) is 0 Å². The lowest BCUT2D eigenvalue weighted by atomic mass is 10.1. The maximum Gasteiger partial charge on any atom is 0.226 e. The maximum absolute atomic E-state index is 12.1. The Morgan fingerprint density at radius 1 is 1.12 bits per heavy atom. The van der Waals surface area contributed by atoms with Crippen molar-refractivity contribution in [3.63, 3.8) is 0 Å². The van der Waals surface area contributed by atoms with Gasteiger partial charge in [0.2, 0.25) is 5.91 Å². The predicted molar refractivity (Wildman–Crippen MR) is 108 cm³/mol. The van der Waals surface area contributed by atoms with Crippen LogP contribution in [0.15, 0.2) is 24.3 Å². The molecule has 1 unspecified atom stereocenters. The van der Waals surface area contributed by atoms with Gasteiger partial charge in [-0.2, -0.15) is 0 Å². The number of nitrogens with zero attached hydrogens (tertiary/aromatic N) is 1. The molecule has 2 heterocycles. The number of morpholine rings is 2. The normalized spacial score (nSPS) is 20.5. The molecule has 1 amide bonds. The molecular formula is C18H29Cl2N3O3. The summed E-state index contributed by atoms with van der Waals surface area (Å²) in [6.07, 6.45) is 1.47. The summed E-state index contributed by atoms with van der Waals surface area (Å²) in [6, 6.07) is 8.27. The number of halogens is 2. The van der Waals surface area contributed by atoms with Gasteiger partial charge in [0.05, 0.1) is 26.4 Å². The van der Waals surface area contributed by atoms with Crippen molar-refractivity contribution >= 4 is 36.4 Å². The molecule has 0 aliphatic carbocycles. The highest BCUT2D eigenvalue weighted by molar-refractivity contribution is 5.91. The lowest BCUT2D eigenvalue weighted by Crippen LogP contribution is -2.43. The molecule has 2 aliphatic heterocycles.